The Bertz CT molecular complexity index is 951. The van der Waals surface area contributed by atoms with Crippen LogP contribution in [0.2, 0.25) is 0 Å². The number of nitrogens with one attached hydrogen (secondary N) is 2. The minimum atomic E-state index is -0.685. The molecular weight excluding hydrogens is 382 g/mol. The Balaban J connectivity index is 1.68. The smallest absolute Gasteiger partial charge is 0.338 e. The van der Waals surface area contributed by atoms with Crippen molar-refractivity contribution in [2.24, 2.45) is 0 Å². The first-order chi connectivity index (χ1) is 14.6. The van der Waals surface area contributed by atoms with Gasteiger partial charge in [0.15, 0.2) is 0 Å². The SMILES string of the molecule is CCOC(=O)C1=C(CN(C)[C@@H]2CCCc3ccccc32)NC(=O)N[C@@H]1c1ccco1. The van der Waals surface area contributed by atoms with Crippen LogP contribution in [0.1, 0.15) is 48.7 Å². The van der Waals surface area contributed by atoms with Gasteiger partial charge in [-0.25, -0.2) is 9.59 Å². The molecule has 0 fully saturated rings. The molecule has 0 unspecified atom stereocenters. The van der Waals surface area contributed by atoms with Gasteiger partial charge in [0.1, 0.15) is 11.8 Å². The van der Waals surface area contributed by atoms with E-state index in [2.05, 4.69) is 39.8 Å². The fourth-order valence-electron chi connectivity index (χ4n) is 4.41. The van der Waals surface area contributed by atoms with Gasteiger partial charge >= 0.3 is 12.0 Å². The van der Waals surface area contributed by atoms with Crippen molar-refractivity contribution < 1.29 is 18.7 Å². The van der Waals surface area contributed by atoms with Gasteiger partial charge in [0.05, 0.1) is 18.4 Å². The molecule has 158 valence electrons. The highest BCUT2D eigenvalue weighted by molar-refractivity contribution is 5.95. The lowest BCUT2D eigenvalue weighted by Crippen LogP contribution is -2.48. The maximum absolute atomic E-state index is 12.8. The van der Waals surface area contributed by atoms with Crippen LogP contribution in [0.3, 0.4) is 0 Å². The van der Waals surface area contributed by atoms with Crippen molar-refractivity contribution in [2.45, 2.75) is 38.3 Å². The number of likely N-dealkylation sites (N-methyl/N-ethyl adjacent to an activating group) is 1. The molecule has 0 saturated carbocycles. The summed E-state index contributed by atoms with van der Waals surface area (Å²) in [6.45, 7) is 2.43. The van der Waals surface area contributed by atoms with Crippen LogP contribution in [0.25, 0.3) is 0 Å². The minimum Gasteiger partial charge on any atom is -0.467 e. The van der Waals surface area contributed by atoms with E-state index >= 15 is 0 Å². The number of carbonyl (C=O) groups is 2. The van der Waals surface area contributed by atoms with Gasteiger partial charge in [-0.1, -0.05) is 24.3 Å². The van der Waals surface area contributed by atoms with Crippen LogP contribution in [-0.2, 0) is 16.0 Å². The Labute approximate surface area is 176 Å². The van der Waals surface area contributed by atoms with E-state index in [-0.39, 0.29) is 18.7 Å². The molecule has 2 aliphatic rings. The van der Waals surface area contributed by atoms with E-state index in [1.165, 1.54) is 17.4 Å². The van der Waals surface area contributed by atoms with E-state index in [9.17, 15) is 9.59 Å². The molecule has 0 saturated heterocycles. The molecule has 1 aliphatic carbocycles. The zero-order valence-corrected chi connectivity index (χ0v) is 17.3. The molecule has 2 N–H and O–H groups in total. The molecule has 7 nitrogen and oxygen atoms in total. The van der Waals surface area contributed by atoms with Gasteiger partial charge in [-0.15, -0.1) is 0 Å². The summed E-state index contributed by atoms with van der Waals surface area (Å²) in [6.07, 6.45) is 4.75. The first-order valence-electron chi connectivity index (χ1n) is 10.4. The van der Waals surface area contributed by atoms with Crippen LogP contribution in [0.15, 0.2) is 58.3 Å². The molecule has 0 bridgehead atoms. The van der Waals surface area contributed by atoms with E-state index in [4.69, 9.17) is 9.15 Å². The highest BCUT2D eigenvalue weighted by Crippen LogP contribution is 2.35. The van der Waals surface area contributed by atoms with Crippen LogP contribution in [-0.4, -0.2) is 37.1 Å². The first-order valence-corrected chi connectivity index (χ1v) is 10.4. The highest BCUT2D eigenvalue weighted by atomic mass is 16.5. The normalized spacial score (nSPS) is 21.1. The highest BCUT2D eigenvalue weighted by Gasteiger charge is 2.36. The van der Waals surface area contributed by atoms with Gasteiger partial charge in [-0.3, -0.25) is 4.90 Å². The van der Waals surface area contributed by atoms with Gasteiger partial charge < -0.3 is 19.8 Å². The second kappa shape index (κ2) is 8.75. The first kappa shape index (κ1) is 20.2. The van der Waals surface area contributed by atoms with Crippen molar-refractivity contribution >= 4 is 12.0 Å². The predicted molar refractivity (Wildman–Crippen MR) is 112 cm³/mol. The number of hydrogen-bond acceptors (Lipinski definition) is 5. The van der Waals surface area contributed by atoms with Crippen LogP contribution < -0.4 is 10.6 Å². The quantitative estimate of drug-likeness (QED) is 0.714. The molecule has 4 rings (SSSR count). The Morgan fingerprint density at radius 2 is 2.10 bits per heavy atom. The Morgan fingerprint density at radius 3 is 2.87 bits per heavy atom. The molecule has 2 atom stereocenters. The van der Waals surface area contributed by atoms with E-state index < -0.39 is 12.0 Å². The van der Waals surface area contributed by atoms with Gasteiger partial charge in [0.2, 0.25) is 0 Å². The summed E-state index contributed by atoms with van der Waals surface area (Å²) < 4.78 is 10.8. The van der Waals surface area contributed by atoms with Crippen molar-refractivity contribution in [2.75, 3.05) is 20.2 Å². The van der Waals surface area contributed by atoms with Gasteiger partial charge in [-0.05, 0) is 56.5 Å². The zero-order valence-electron chi connectivity index (χ0n) is 17.3. The summed E-state index contributed by atoms with van der Waals surface area (Å²) in [5.74, 6) is 0.0370. The van der Waals surface area contributed by atoms with Crippen LogP contribution in [0.4, 0.5) is 4.79 Å². The Morgan fingerprint density at radius 1 is 1.27 bits per heavy atom. The summed E-state index contributed by atoms with van der Waals surface area (Å²) in [6, 6.07) is 11.1. The van der Waals surface area contributed by atoms with Crippen molar-refractivity contribution in [3.05, 3.63) is 70.8 Å². The minimum absolute atomic E-state index is 0.222. The number of esters is 1. The van der Waals surface area contributed by atoms with Crippen molar-refractivity contribution in [3.8, 4) is 0 Å². The number of aryl methyl sites for hydroxylation is 1. The number of nitrogens with zero attached hydrogens (tertiary/aromatic N) is 1. The molecule has 1 aromatic carbocycles. The number of rotatable bonds is 6. The van der Waals surface area contributed by atoms with Gasteiger partial charge in [0.25, 0.3) is 0 Å². The molecule has 30 heavy (non-hydrogen) atoms. The summed E-state index contributed by atoms with van der Waals surface area (Å²) in [7, 11) is 2.03. The second-order valence-corrected chi connectivity index (χ2v) is 7.68. The fourth-order valence-corrected chi connectivity index (χ4v) is 4.41. The molecule has 0 radical (unpaired) electrons. The maximum Gasteiger partial charge on any atom is 0.338 e. The molecular formula is C23H27N3O4. The summed E-state index contributed by atoms with van der Waals surface area (Å²) in [5, 5.41) is 5.62. The average molecular weight is 409 g/mol. The largest absolute Gasteiger partial charge is 0.467 e. The number of urea groups is 1. The Kier molecular flexibility index (Phi) is 5.90. The van der Waals surface area contributed by atoms with E-state index in [0.29, 0.717) is 23.6 Å². The van der Waals surface area contributed by atoms with Crippen molar-refractivity contribution in [3.63, 3.8) is 0 Å². The third kappa shape index (κ3) is 3.98. The summed E-state index contributed by atoms with van der Waals surface area (Å²) in [4.78, 5) is 27.4. The number of hydrogen-bond donors (Lipinski definition) is 2. The third-order valence-electron chi connectivity index (χ3n) is 5.75. The topological polar surface area (TPSA) is 83.8 Å². The molecule has 1 aliphatic heterocycles. The third-order valence-corrected chi connectivity index (χ3v) is 5.75. The second-order valence-electron chi connectivity index (χ2n) is 7.68. The standard InChI is InChI=1S/C23H27N3O4/c1-3-29-22(27)20-17(24-23(28)25-21(20)19-12-7-13-30-19)14-26(2)18-11-6-9-15-8-4-5-10-16(15)18/h4-5,7-8,10,12-13,18,21H,3,6,9,11,14H2,1-2H3,(H2,24,25,28)/t18-,21-/m1/s1. The molecule has 2 aromatic rings. The van der Waals surface area contributed by atoms with Crippen LogP contribution >= 0.6 is 0 Å². The average Bonchev–Trinajstić information content (AvgIpc) is 3.28. The monoisotopic (exact) mass is 409 g/mol. The summed E-state index contributed by atoms with van der Waals surface area (Å²) in [5.41, 5.74) is 3.60. The summed E-state index contributed by atoms with van der Waals surface area (Å²) >= 11 is 0. The number of amides is 2. The van der Waals surface area contributed by atoms with Gasteiger partial charge in [-0.2, -0.15) is 0 Å². The molecule has 2 heterocycles. The van der Waals surface area contributed by atoms with E-state index in [0.717, 1.165) is 19.3 Å². The van der Waals surface area contributed by atoms with Crippen LogP contribution in [0, 0.1) is 0 Å². The van der Waals surface area contributed by atoms with Gasteiger partial charge in [0, 0.05) is 18.3 Å². The van der Waals surface area contributed by atoms with Crippen LogP contribution in [0.5, 0.6) is 0 Å². The molecule has 0 spiro atoms. The maximum atomic E-state index is 12.8. The Hall–Kier alpha value is -3.06. The number of furan rings is 1. The van der Waals surface area contributed by atoms with E-state index in [1.54, 1.807) is 19.1 Å². The molecule has 7 heteroatoms. The number of benzene rings is 1. The number of ether oxygens (including phenoxy) is 1. The van der Waals surface area contributed by atoms with Crippen molar-refractivity contribution in [1.82, 2.24) is 15.5 Å². The van der Waals surface area contributed by atoms with Crippen molar-refractivity contribution in [1.29, 1.82) is 0 Å². The lowest BCUT2D eigenvalue weighted by atomic mass is 9.87. The number of carbonyl (C=O) groups excluding carboxylic acids is 2. The molecule has 2 amide bonds. The fraction of sp³-hybridized carbons (Fsp3) is 0.391. The molecule has 1 aromatic heterocycles. The zero-order chi connectivity index (χ0) is 21.1. The lowest BCUT2D eigenvalue weighted by Gasteiger charge is -2.35. The number of fused-ring (bicyclic) bond motifs is 1. The predicted octanol–water partition coefficient (Wildman–Crippen LogP) is 3.46. The van der Waals surface area contributed by atoms with E-state index in [1.807, 2.05) is 7.05 Å². The lowest BCUT2D eigenvalue weighted by molar-refractivity contribution is -0.139.